The van der Waals surface area contributed by atoms with Crippen molar-refractivity contribution in [2.75, 3.05) is 0 Å². The van der Waals surface area contributed by atoms with Gasteiger partial charge in [0.2, 0.25) is 0 Å². The number of aromatic hydroxyl groups is 2. The number of carbonyl (C=O) groups excluding carboxylic acids is 1. The number of hydrogen-bond acceptors (Lipinski definition) is 4. The van der Waals surface area contributed by atoms with Crippen LogP contribution in [0.15, 0.2) is 36.4 Å². The fraction of sp³-hybridized carbons (Fsp3) is 0.692. The number of hydrogen-bond donors (Lipinski definition) is 3. The number of phenolic OH excluding ortho intramolecular Hbond substituents is 2. The first-order valence-corrected chi connectivity index (χ1v) is 17.2. The number of rotatable bonds is 5. The third-order valence-electron chi connectivity index (χ3n) is 15.3. The summed E-state index contributed by atoms with van der Waals surface area (Å²) in [5.74, 6) is 1.08. The number of allylic oxidation sites excluding steroid dienone is 2. The van der Waals surface area contributed by atoms with E-state index in [2.05, 4.69) is 48.1 Å². The van der Waals surface area contributed by atoms with E-state index in [0.717, 1.165) is 64.2 Å². The van der Waals surface area contributed by atoms with Crippen LogP contribution in [0.5, 0.6) is 11.5 Å². The van der Waals surface area contributed by atoms with E-state index < -0.39 is 11.4 Å². The van der Waals surface area contributed by atoms with Crippen LogP contribution in [0, 0.1) is 62.6 Å². The van der Waals surface area contributed by atoms with E-state index in [-0.39, 0.29) is 50.8 Å². The van der Waals surface area contributed by atoms with Crippen LogP contribution in [-0.4, -0.2) is 27.1 Å². The fourth-order valence-electron chi connectivity index (χ4n) is 13.0. The minimum absolute atomic E-state index is 0.0560. The standard InChI is InChI=1S/C39H54O5/c1-23(2)25-14-19-39(34(43)44)21-20-37(6)27(33(25)39)10-13-32-36(5)17-15-26(35(3,4)31(36)16-18-38(32,37)7)28(40)11-8-24-9-12-29(41)30(42)22-24/h8-9,11-12,22,25-27,31-33,41-42H,1,10,13-21H2,2-7H3,(H,43,44)/b11-8+/t25?,26-,27-,31+,32?,33-,36+,37?,38-,39+/m1/s1. The molecule has 0 radical (unpaired) electrons. The zero-order valence-electron chi connectivity index (χ0n) is 27.8. The molecule has 1 aromatic carbocycles. The van der Waals surface area contributed by atoms with Crippen LogP contribution in [0.4, 0.5) is 0 Å². The lowest BCUT2D eigenvalue weighted by Gasteiger charge is -2.72. The van der Waals surface area contributed by atoms with E-state index in [9.17, 15) is 24.9 Å². The van der Waals surface area contributed by atoms with Crippen molar-refractivity contribution in [3.05, 3.63) is 42.0 Å². The largest absolute Gasteiger partial charge is 0.504 e. The number of carboxylic acid groups (broad SMARTS) is 1. The molecule has 5 aliphatic rings. The predicted octanol–water partition coefficient (Wildman–Crippen LogP) is 9.04. The van der Waals surface area contributed by atoms with Crippen LogP contribution >= 0.6 is 0 Å². The topological polar surface area (TPSA) is 94.8 Å². The van der Waals surface area contributed by atoms with Gasteiger partial charge in [0.25, 0.3) is 0 Å². The van der Waals surface area contributed by atoms with Gasteiger partial charge >= 0.3 is 5.97 Å². The smallest absolute Gasteiger partial charge is 0.309 e. The Morgan fingerprint density at radius 2 is 1.57 bits per heavy atom. The maximum absolute atomic E-state index is 13.7. The number of carbonyl (C=O) groups is 2. The maximum atomic E-state index is 13.7. The molecule has 3 unspecified atom stereocenters. The number of aliphatic carboxylic acids is 1. The predicted molar refractivity (Wildman–Crippen MR) is 174 cm³/mol. The molecule has 10 atom stereocenters. The number of benzene rings is 1. The Bertz CT molecular complexity index is 1410. The quantitative estimate of drug-likeness (QED) is 0.178. The first kappa shape index (κ1) is 31.4. The molecule has 0 saturated heterocycles. The monoisotopic (exact) mass is 602 g/mol. The summed E-state index contributed by atoms with van der Waals surface area (Å²) in [6.07, 6.45) is 13.4. The second kappa shape index (κ2) is 10.2. The van der Waals surface area contributed by atoms with E-state index in [1.807, 2.05) is 0 Å². The second-order valence-corrected chi connectivity index (χ2v) is 17.0. The molecule has 44 heavy (non-hydrogen) atoms. The van der Waals surface area contributed by atoms with Gasteiger partial charge in [0.15, 0.2) is 17.3 Å². The van der Waals surface area contributed by atoms with E-state index in [1.165, 1.54) is 17.7 Å². The van der Waals surface area contributed by atoms with Crippen LogP contribution in [0.3, 0.4) is 0 Å². The lowest BCUT2D eigenvalue weighted by molar-refractivity contribution is -0.242. The summed E-state index contributed by atoms with van der Waals surface area (Å²) in [6, 6.07) is 4.64. The van der Waals surface area contributed by atoms with Gasteiger partial charge in [0, 0.05) is 5.92 Å². The Morgan fingerprint density at radius 1 is 0.841 bits per heavy atom. The summed E-state index contributed by atoms with van der Waals surface area (Å²) in [6.45, 7) is 18.8. The molecule has 0 heterocycles. The van der Waals surface area contributed by atoms with Crippen LogP contribution in [0.2, 0.25) is 0 Å². The van der Waals surface area contributed by atoms with Gasteiger partial charge in [-0.15, -0.1) is 0 Å². The Kier molecular flexibility index (Phi) is 7.30. The summed E-state index contributed by atoms with van der Waals surface area (Å²) in [4.78, 5) is 26.7. The first-order chi connectivity index (χ1) is 20.5. The van der Waals surface area contributed by atoms with Crippen molar-refractivity contribution in [3.63, 3.8) is 0 Å². The SMILES string of the molecule is C=C(C)C1CC[C@]2(C(=O)O)CCC3(C)[C@H](CCC4[C@@]5(C)CC[C@H](C(=O)/C=C/c6ccc(O)c(O)c6)C(C)(C)[C@@H]5CC[C@]43C)[C@@H]12. The molecular weight excluding hydrogens is 548 g/mol. The lowest BCUT2D eigenvalue weighted by atomic mass is 9.32. The Hall–Kier alpha value is -2.56. The van der Waals surface area contributed by atoms with E-state index in [0.29, 0.717) is 29.2 Å². The van der Waals surface area contributed by atoms with Crippen molar-refractivity contribution in [1.29, 1.82) is 0 Å². The van der Waals surface area contributed by atoms with Crippen molar-refractivity contribution < 1.29 is 24.9 Å². The van der Waals surface area contributed by atoms with Crippen LogP contribution in [-0.2, 0) is 9.59 Å². The van der Waals surface area contributed by atoms with Crippen LogP contribution < -0.4 is 0 Å². The summed E-state index contributed by atoms with van der Waals surface area (Å²) >= 11 is 0. The minimum atomic E-state index is -0.592. The van der Waals surface area contributed by atoms with Crippen molar-refractivity contribution in [3.8, 4) is 11.5 Å². The molecule has 5 saturated carbocycles. The minimum Gasteiger partial charge on any atom is -0.504 e. The Labute approximate surface area is 264 Å². The second-order valence-electron chi connectivity index (χ2n) is 17.0. The van der Waals surface area contributed by atoms with Gasteiger partial charge in [0.1, 0.15) is 0 Å². The van der Waals surface area contributed by atoms with E-state index in [4.69, 9.17) is 0 Å². The zero-order valence-corrected chi connectivity index (χ0v) is 27.8. The molecule has 0 bridgehead atoms. The highest BCUT2D eigenvalue weighted by Gasteiger charge is 2.72. The molecular formula is C39H54O5. The van der Waals surface area contributed by atoms with Gasteiger partial charge in [-0.05, 0) is 146 Å². The molecule has 5 fully saturated rings. The van der Waals surface area contributed by atoms with Crippen LogP contribution in [0.25, 0.3) is 6.08 Å². The van der Waals surface area contributed by atoms with Crippen molar-refractivity contribution in [2.45, 2.75) is 106 Å². The Morgan fingerprint density at radius 3 is 2.23 bits per heavy atom. The number of ketones is 1. The van der Waals surface area contributed by atoms with E-state index >= 15 is 0 Å². The highest BCUT2D eigenvalue weighted by atomic mass is 16.4. The molecule has 6 rings (SSSR count). The lowest BCUT2D eigenvalue weighted by Crippen LogP contribution is -2.66. The Balaban J connectivity index is 1.28. The summed E-state index contributed by atoms with van der Waals surface area (Å²) in [7, 11) is 0. The third kappa shape index (κ3) is 4.15. The molecule has 240 valence electrons. The third-order valence-corrected chi connectivity index (χ3v) is 15.3. The summed E-state index contributed by atoms with van der Waals surface area (Å²) < 4.78 is 0. The molecule has 5 aliphatic carbocycles. The number of carboxylic acids is 1. The average Bonchev–Trinajstić information content (AvgIpc) is 3.35. The van der Waals surface area contributed by atoms with Gasteiger partial charge in [0.05, 0.1) is 5.41 Å². The molecule has 1 aromatic rings. The number of phenols is 2. The van der Waals surface area contributed by atoms with Gasteiger partial charge < -0.3 is 15.3 Å². The van der Waals surface area contributed by atoms with Gasteiger partial charge in [-0.3, -0.25) is 9.59 Å². The fourth-order valence-corrected chi connectivity index (χ4v) is 13.0. The molecule has 0 aromatic heterocycles. The van der Waals surface area contributed by atoms with Crippen molar-refractivity contribution >= 4 is 17.8 Å². The highest BCUT2D eigenvalue weighted by molar-refractivity contribution is 5.96. The van der Waals surface area contributed by atoms with Crippen molar-refractivity contribution in [1.82, 2.24) is 0 Å². The van der Waals surface area contributed by atoms with Gasteiger partial charge in [-0.25, -0.2) is 0 Å². The highest BCUT2D eigenvalue weighted by Crippen LogP contribution is 2.77. The van der Waals surface area contributed by atoms with Gasteiger partial charge in [-0.1, -0.05) is 58.9 Å². The molecule has 3 N–H and O–H groups in total. The summed E-state index contributed by atoms with van der Waals surface area (Å²) in [5, 5.41) is 30.2. The summed E-state index contributed by atoms with van der Waals surface area (Å²) in [5.41, 5.74) is 1.50. The average molecular weight is 603 g/mol. The molecule has 0 aliphatic heterocycles. The molecule has 0 spiro atoms. The zero-order chi connectivity index (χ0) is 32.0. The van der Waals surface area contributed by atoms with Crippen LogP contribution in [0.1, 0.15) is 111 Å². The molecule has 5 heteroatoms. The van der Waals surface area contributed by atoms with Crippen molar-refractivity contribution in [2.24, 2.45) is 62.6 Å². The van der Waals surface area contributed by atoms with E-state index in [1.54, 1.807) is 18.2 Å². The normalized spacial score (nSPS) is 44.2. The maximum Gasteiger partial charge on any atom is 0.309 e. The number of fused-ring (bicyclic) bond motifs is 7. The first-order valence-electron chi connectivity index (χ1n) is 17.2. The molecule has 0 amide bonds. The van der Waals surface area contributed by atoms with Gasteiger partial charge in [-0.2, -0.15) is 0 Å². The molecule has 5 nitrogen and oxygen atoms in total.